The van der Waals surface area contributed by atoms with Gasteiger partial charge in [-0.15, -0.1) is 0 Å². The number of phosphoric acid groups is 3. The smallest absolute Gasteiger partial charge is 0.386 e. The van der Waals surface area contributed by atoms with Gasteiger partial charge >= 0.3 is 23.5 Å². The lowest BCUT2D eigenvalue weighted by atomic mass is 9.87. The van der Waals surface area contributed by atoms with Gasteiger partial charge in [0.1, 0.15) is 42.5 Å². The number of nitrogens with zero attached hydrogens (tertiary/aromatic N) is 4. The molecule has 0 aliphatic carbocycles. The molecule has 7 atom stereocenters. The Hall–Kier alpha value is -4.03. The fourth-order valence-electron chi connectivity index (χ4n) is 5.63. The van der Waals surface area contributed by atoms with E-state index in [0.29, 0.717) is 11.4 Å². The van der Waals surface area contributed by atoms with Crippen molar-refractivity contribution >= 4 is 86.4 Å². The van der Waals surface area contributed by atoms with Crippen LogP contribution in [-0.4, -0.2) is 135 Å². The molecule has 3 heterocycles. The molecule has 0 saturated carbocycles. The first-order valence-electron chi connectivity index (χ1n) is 18.4. The van der Waals surface area contributed by atoms with Crippen LogP contribution in [0.15, 0.2) is 30.9 Å². The van der Waals surface area contributed by atoms with E-state index < -0.39 is 90.8 Å². The molecule has 7 unspecified atom stereocenters. The van der Waals surface area contributed by atoms with Gasteiger partial charge in [0.05, 0.1) is 30.9 Å². The predicted molar refractivity (Wildman–Crippen MR) is 223 cm³/mol. The van der Waals surface area contributed by atoms with Crippen molar-refractivity contribution in [1.29, 1.82) is 0 Å². The van der Waals surface area contributed by atoms with Gasteiger partial charge in [0.2, 0.25) is 22.8 Å². The van der Waals surface area contributed by atoms with Crippen LogP contribution in [0.2, 0.25) is 0 Å². The van der Waals surface area contributed by atoms with Crippen molar-refractivity contribution in [3.63, 3.8) is 0 Å². The third-order valence-corrected chi connectivity index (χ3v) is 12.6. The van der Waals surface area contributed by atoms with Gasteiger partial charge in [-0.25, -0.2) is 28.6 Å². The van der Waals surface area contributed by atoms with E-state index in [0.717, 1.165) is 29.0 Å². The minimum absolute atomic E-state index is 0.0173. The molecule has 1 saturated heterocycles. The number of amides is 3. The number of aliphatic hydroxyl groups is 2. The van der Waals surface area contributed by atoms with Gasteiger partial charge in [0.25, 0.3) is 0 Å². The number of aliphatic hydroxyl groups excluding tert-OH is 2. The number of hydrogen-bond donors (Lipinski definition) is 13. The van der Waals surface area contributed by atoms with Crippen molar-refractivity contribution in [2.24, 2.45) is 16.9 Å². The number of carbonyl (C=O) groups excluding carboxylic acids is 4. The van der Waals surface area contributed by atoms with E-state index in [1.54, 1.807) is 0 Å². The number of fused-ring (bicyclic) bond motifs is 1. The van der Waals surface area contributed by atoms with Crippen molar-refractivity contribution in [2.75, 3.05) is 48.4 Å². The predicted octanol–water partition coefficient (Wildman–Crippen LogP) is -1.45. The topological polar surface area (TPSA) is 457 Å². The summed E-state index contributed by atoms with van der Waals surface area (Å²) in [7, 11) is -16.5. The molecule has 0 bridgehead atoms. The number of anilines is 3. The Morgan fingerprint density at radius 1 is 1.00 bits per heavy atom. The van der Waals surface area contributed by atoms with Gasteiger partial charge in [-0.1, -0.05) is 25.6 Å². The molecule has 33 heteroatoms. The van der Waals surface area contributed by atoms with Crippen LogP contribution < -0.4 is 38.5 Å². The van der Waals surface area contributed by atoms with Crippen LogP contribution in [0.5, 0.6) is 0 Å². The Balaban J connectivity index is 1.21. The highest BCUT2D eigenvalue weighted by molar-refractivity contribution is 8.14. The number of phosphoric ester groups is 3. The average molecular weight is 988 g/mol. The van der Waals surface area contributed by atoms with Crippen molar-refractivity contribution < 1.29 is 85.3 Å². The average Bonchev–Trinajstić information content (AvgIpc) is 3.74. The minimum Gasteiger partial charge on any atom is -0.386 e. The zero-order valence-corrected chi connectivity index (χ0v) is 37.4. The highest BCUT2D eigenvalue weighted by Gasteiger charge is 2.50. The molecule has 16 N–H and O–H groups in total. The molecular formula is C31H48N11O18P3S. The van der Waals surface area contributed by atoms with Gasteiger partial charge in [-0.3, -0.25) is 48.8 Å². The third-order valence-electron chi connectivity index (χ3n) is 8.62. The van der Waals surface area contributed by atoms with Crippen LogP contribution >= 0.6 is 35.2 Å². The molecule has 1 aromatic carbocycles. The van der Waals surface area contributed by atoms with Crippen LogP contribution in [-0.2, 0) is 50.7 Å². The number of rotatable bonds is 23. The SMILES string of the molecule is CC(=O)Nc1ccc(C(=O)SCCNC(=O)CCNC(=O)C(O)C(C)(C)COP(=O)(O)OP(=O)(O)OCC2OC(n3cnc4c(N)ncnc43)C(O)C2OP(=O)(O)O)cc1NC(N)N. The lowest BCUT2D eigenvalue weighted by molar-refractivity contribution is -0.137. The fraction of sp³-hybridized carbons (Fsp3) is 0.516. The number of benzene rings is 1. The number of aromatic nitrogens is 4. The zero-order chi connectivity index (χ0) is 47.8. The third kappa shape index (κ3) is 15.3. The summed E-state index contributed by atoms with van der Waals surface area (Å²) in [4.78, 5) is 100. The molecule has 0 radical (unpaired) electrons. The second-order valence-corrected chi connectivity index (χ2v) is 19.6. The highest BCUT2D eigenvalue weighted by Crippen LogP contribution is 2.61. The monoisotopic (exact) mass is 987 g/mol. The summed E-state index contributed by atoms with van der Waals surface area (Å²) < 4.78 is 62.3. The Bertz CT molecular complexity index is 2320. The van der Waals surface area contributed by atoms with E-state index in [-0.39, 0.29) is 58.8 Å². The Labute approximate surface area is 367 Å². The summed E-state index contributed by atoms with van der Waals surface area (Å²) in [5.74, 6) is -1.78. The molecule has 4 rings (SSSR count). The van der Waals surface area contributed by atoms with E-state index in [1.807, 2.05) is 0 Å². The molecule has 1 aliphatic heterocycles. The van der Waals surface area contributed by atoms with Gasteiger partial charge in [-0.05, 0) is 18.2 Å². The number of nitrogens with two attached hydrogens (primary N) is 3. The normalized spacial score (nSPS) is 20.3. The molecule has 2 aromatic heterocycles. The van der Waals surface area contributed by atoms with E-state index in [2.05, 4.69) is 45.1 Å². The summed E-state index contributed by atoms with van der Waals surface area (Å²) in [6.07, 6.45) is -8.12. The zero-order valence-electron chi connectivity index (χ0n) is 33.9. The number of imidazole rings is 1. The number of ether oxygens (including phenoxy) is 1. The maximum atomic E-state index is 12.7. The second kappa shape index (κ2) is 22.0. The lowest BCUT2D eigenvalue weighted by Gasteiger charge is -2.30. The Kier molecular flexibility index (Phi) is 18.1. The standard InChI is InChI=1S/C31H48N11O18P3S/c1-15(43)40-17-5-4-16(10-18(17)41-30(33)34)29(48)64-9-8-35-20(44)6-7-36-27(47)24(46)31(2,3)12-57-63(54,55)60-62(52,53)56-11-19-23(59-61(49,50)51)22(45)28(58-19)42-14-39-21-25(32)37-13-38-26(21)42/h4-5,10,13-14,19,22-24,28,30,41,45-46H,6-9,11-12,33-34H2,1-3H3,(H,35,44)(H,36,47)(H,40,43)(H,52,53)(H,54,55)(H2,32,37,38)(H2,49,50,51). The number of hydrogen-bond acceptors (Lipinski definition) is 22. The van der Waals surface area contributed by atoms with Crippen LogP contribution in [0.3, 0.4) is 0 Å². The summed E-state index contributed by atoms with van der Waals surface area (Å²) >= 11 is 0.893. The summed E-state index contributed by atoms with van der Waals surface area (Å²) in [5, 5.41) is 31.4. The van der Waals surface area contributed by atoms with E-state index >= 15 is 0 Å². The number of nitrogen functional groups attached to an aromatic ring is 1. The van der Waals surface area contributed by atoms with Crippen molar-refractivity contribution in [3.8, 4) is 0 Å². The van der Waals surface area contributed by atoms with Crippen LogP contribution in [0.4, 0.5) is 17.2 Å². The van der Waals surface area contributed by atoms with Crippen LogP contribution in [0, 0.1) is 5.41 Å². The van der Waals surface area contributed by atoms with E-state index in [9.17, 15) is 62.7 Å². The first-order valence-corrected chi connectivity index (χ1v) is 23.9. The van der Waals surface area contributed by atoms with Gasteiger partial charge in [-0.2, -0.15) is 4.31 Å². The second-order valence-electron chi connectivity index (χ2n) is 14.3. The van der Waals surface area contributed by atoms with E-state index in [1.165, 1.54) is 39.0 Å². The maximum absolute atomic E-state index is 12.7. The first-order chi connectivity index (χ1) is 29.7. The molecule has 356 valence electrons. The molecule has 29 nitrogen and oxygen atoms in total. The van der Waals surface area contributed by atoms with Gasteiger partial charge < -0.3 is 61.5 Å². The summed E-state index contributed by atoms with van der Waals surface area (Å²) in [6, 6.07) is 4.45. The van der Waals surface area contributed by atoms with Gasteiger partial charge in [0, 0.05) is 43.2 Å². The summed E-state index contributed by atoms with van der Waals surface area (Å²) in [5.41, 5.74) is 16.3. The van der Waals surface area contributed by atoms with Crippen LogP contribution in [0.1, 0.15) is 43.8 Å². The molecule has 64 heavy (non-hydrogen) atoms. The van der Waals surface area contributed by atoms with Crippen LogP contribution in [0.25, 0.3) is 11.2 Å². The molecule has 3 aromatic rings. The molecule has 1 fully saturated rings. The molecule has 0 spiro atoms. The van der Waals surface area contributed by atoms with Crippen molar-refractivity contribution in [3.05, 3.63) is 36.4 Å². The highest BCUT2D eigenvalue weighted by atomic mass is 32.2. The number of carbonyl (C=O) groups is 4. The maximum Gasteiger partial charge on any atom is 0.481 e. The largest absolute Gasteiger partial charge is 0.481 e. The quantitative estimate of drug-likeness (QED) is 0.0294. The molecule has 3 amide bonds. The van der Waals surface area contributed by atoms with Crippen molar-refractivity contribution in [2.45, 2.75) is 64.1 Å². The van der Waals surface area contributed by atoms with E-state index in [4.69, 9.17) is 31.0 Å². The minimum atomic E-state index is -5.60. The number of thioether (sulfide) groups is 1. The molecular weight excluding hydrogens is 939 g/mol. The van der Waals surface area contributed by atoms with Crippen molar-refractivity contribution in [1.82, 2.24) is 30.2 Å². The number of nitrogens with one attached hydrogen (secondary N) is 4. The Morgan fingerprint density at radius 2 is 1.69 bits per heavy atom. The molecule has 1 aliphatic rings. The first kappa shape index (κ1) is 52.6. The fourth-order valence-corrected chi connectivity index (χ4v) is 9.14. The summed E-state index contributed by atoms with van der Waals surface area (Å²) in [6.45, 7) is 1.48. The Morgan fingerprint density at radius 3 is 2.34 bits per heavy atom. The lowest BCUT2D eigenvalue weighted by Crippen LogP contribution is -2.46. The van der Waals surface area contributed by atoms with Gasteiger partial charge in [0.15, 0.2) is 17.7 Å².